The molecule has 0 spiro atoms. The SMILES string of the molecule is CCCOc1cnc2c(N3CC(O)C3)ncnc2c1. The Morgan fingerprint density at radius 2 is 2.21 bits per heavy atom. The highest BCUT2D eigenvalue weighted by atomic mass is 16.5. The molecule has 3 rings (SSSR count). The Hall–Kier alpha value is -1.95. The van der Waals surface area contributed by atoms with E-state index >= 15 is 0 Å². The third kappa shape index (κ3) is 2.31. The fourth-order valence-corrected chi connectivity index (χ4v) is 2.07. The topological polar surface area (TPSA) is 71.4 Å². The molecule has 0 aromatic carbocycles. The first-order valence-electron chi connectivity index (χ1n) is 6.44. The number of rotatable bonds is 4. The molecule has 1 N–H and O–H groups in total. The van der Waals surface area contributed by atoms with Crippen LogP contribution < -0.4 is 9.64 Å². The van der Waals surface area contributed by atoms with E-state index in [1.54, 1.807) is 6.20 Å². The third-order valence-electron chi connectivity index (χ3n) is 3.07. The molecule has 2 aromatic heterocycles. The van der Waals surface area contributed by atoms with Gasteiger partial charge in [0.2, 0.25) is 0 Å². The van der Waals surface area contributed by atoms with Crippen LogP contribution in [0.1, 0.15) is 13.3 Å². The molecule has 6 nitrogen and oxygen atoms in total. The van der Waals surface area contributed by atoms with Gasteiger partial charge in [-0.2, -0.15) is 0 Å². The summed E-state index contributed by atoms with van der Waals surface area (Å²) in [6, 6.07) is 1.87. The van der Waals surface area contributed by atoms with Crippen LogP contribution in [0.25, 0.3) is 11.0 Å². The highest BCUT2D eigenvalue weighted by Crippen LogP contribution is 2.26. The van der Waals surface area contributed by atoms with Gasteiger partial charge in [0.1, 0.15) is 17.6 Å². The number of aliphatic hydroxyl groups excluding tert-OH is 1. The molecule has 6 heteroatoms. The van der Waals surface area contributed by atoms with Crippen molar-refractivity contribution in [3.8, 4) is 5.75 Å². The van der Waals surface area contributed by atoms with Crippen molar-refractivity contribution in [3.63, 3.8) is 0 Å². The minimum absolute atomic E-state index is 0.267. The van der Waals surface area contributed by atoms with Crippen molar-refractivity contribution < 1.29 is 9.84 Å². The van der Waals surface area contributed by atoms with E-state index in [1.165, 1.54) is 6.33 Å². The summed E-state index contributed by atoms with van der Waals surface area (Å²) >= 11 is 0. The lowest BCUT2D eigenvalue weighted by atomic mass is 10.1. The molecule has 0 bridgehead atoms. The Kier molecular flexibility index (Phi) is 3.16. The molecule has 0 aliphatic carbocycles. The minimum atomic E-state index is -0.267. The Balaban J connectivity index is 1.92. The lowest BCUT2D eigenvalue weighted by Crippen LogP contribution is -2.51. The summed E-state index contributed by atoms with van der Waals surface area (Å²) in [5.41, 5.74) is 1.51. The summed E-state index contributed by atoms with van der Waals surface area (Å²) < 4.78 is 5.54. The zero-order valence-corrected chi connectivity index (χ0v) is 10.8. The molecular formula is C13H16N4O2. The van der Waals surface area contributed by atoms with Crippen molar-refractivity contribution >= 4 is 16.9 Å². The van der Waals surface area contributed by atoms with E-state index in [9.17, 15) is 5.11 Å². The van der Waals surface area contributed by atoms with Crippen molar-refractivity contribution in [2.45, 2.75) is 19.4 Å². The lowest BCUT2D eigenvalue weighted by molar-refractivity contribution is 0.141. The van der Waals surface area contributed by atoms with Crippen molar-refractivity contribution in [1.82, 2.24) is 15.0 Å². The average Bonchev–Trinajstić information content (AvgIpc) is 2.41. The molecule has 2 aromatic rings. The number of aromatic nitrogens is 3. The summed E-state index contributed by atoms with van der Waals surface area (Å²) in [5.74, 6) is 1.50. The second-order valence-corrected chi connectivity index (χ2v) is 4.64. The number of ether oxygens (including phenoxy) is 1. The van der Waals surface area contributed by atoms with Crippen LogP contribution in [0.15, 0.2) is 18.6 Å². The van der Waals surface area contributed by atoms with Gasteiger partial charge in [0.15, 0.2) is 5.82 Å². The molecule has 1 fully saturated rings. The molecule has 0 atom stereocenters. The van der Waals surface area contributed by atoms with Crippen LogP contribution >= 0.6 is 0 Å². The first-order chi connectivity index (χ1) is 9.28. The second-order valence-electron chi connectivity index (χ2n) is 4.64. The van der Waals surface area contributed by atoms with Crippen LogP contribution in [-0.2, 0) is 0 Å². The number of nitrogens with zero attached hydrogens (tertiary/aromatic N) is 4. The summed E-state index contributed by atoms with van der Waals surface area (Å²) in [5, 5.41) is 9.37. The quantitative estimate of drug-likeness (QED) is 0.884. The Morgan fingerprint density at radius 3 is 2.95 bits per heavy atom. The molecule has 3 heterocycles. The van der Waals surface area contributed by atoms with Crippen molar-refractivity contribution in [2.24, 2.45) is 0 Å². The lowest BCUT2D eigenvalue weighted by Gasteiger charge is -2.36. The Morgan fingerprint density at radius 1 is 1.37 bits per heavy atom. The second kappa shape index (κ2) is 4.97. The number of aliphatic hydroxyl groups is 1. The van der Waals surface area contributed by atoms with E-state index in [0.717, 1.165) is 29.0 Å². The van der Waals surface area contributed by atoms with E-state index in [2.05, 4.69) is 21.9 Å². The smallest absolute Gasteiger partial charge is 0.158 e. The maximum absolute atomic E-state index is 9.37. The third-order valence-corrected chi connectivity index (χ3v) is 3.07. The van der Waals surface area contributed by atoms with Gasteiger partial charge in [-0.05, 0) is 6.42 Å². The molecule has 1 saturated heterocycles. The van der Waals surface area contributed by atoms with Gasteiger partial charge < -0.3 is 14.7 Å². The normalized spacial score (nSPS) is 15.6. The molecule has 0 unspecified atom stereocenters. The van der Waals surface area contributed by atoms with Crippen LogP contribution in [0, 0.1) is 0 Å². The number of β-amino-alcohol motifs (C(OH)–C–C–N with tert-alkyl or cyclic N) is 1. The molecule has 0 radical (unpaired) electrons. The monoisotopic (exact) mass is 260 g/mol. The van der Waals surface area contributed by atoms with Crippen LogP contribution in [0.4, 0.5) is 5.82 Å². The van der Waals surface area contributed by atoms with Gasteiger partial charge in [-0.15, -0.1) is 0 Å². The van der Waals surface area contributed by atoms with Gasteiger partial charge in [-0.25, -0.2) is 15.0 Å². The maximum Gasteiger partial charge on any atom is 0.158 e. The Labute approximate surface area is 111 Å². The zero-order chi connectivity index (χ0) is 13.2. The van der Waals surface area contributed by atoms with Crippen LogP contribution in [-0.4, -0.2) is 45.9 Å². The van der Waals surface area contributed by atoms with E-state index in [-0.39, 0.29) is 6.10 Å². The van der Waals surface area contributed by atoms with Crippen LogP contribution in [0.3, 0.4) is 0 Å². The van der Waals surface area contributed by atoms with Gasteiger partial charge in [0.25, 0.3) is 0 Å². The van der Waals surface area contributed by atoms with Gasteiger partial charge in [-0.3, -0.25) is 0 Å². The van der Waals surface area contributed by atoms with Crippen molar-refractivity contribution in [1.29, 1.82) is 0 Å². The molecule has 0 saturated carbocycles. The fourth-order valence-electron chi connectivity index (χ4n) is 2.07. The standard InChI is InChI=1S/C13H16N4O2/c1-2-3-19-10-4-11-12(14-5-10)13(16-8-15-11)17-6-9(18)7-17/h4-5,8-9,18H,2-3,6-7H2,1H3. The predicted molar refractivity (Wildman–Crippen MR) is 71.3 cm³/mol. The number of pyridine rings is 1. The number of hydrogen-bond acceptors (Lipinski definition) is 6. The average molecular weight is 260 g/mol. The number of fused-ring (bicyclic) bond motifs is 1. The summed E-state index contributed by atoms with van der Waals surface area (Å²) in [6.07, 6.45) is 3.91. The molecule has 0 amide bonds. The first-order valence-corrected chi connectivity index (χ1v) is 6.44. The van der Waals surface area contributed by atoms with Gasteiger partial charge in [0.05, 0.1) is 24.4 Å². The minimum Gasteiger partial charge on any atom is -0.492 e. The summed E-state index contributed by atoms with van der Waals surface area (Å²) in [6.45, 7) is 3.93. The number of hydrogen-bond donors (Lipinski definition) is 1. The highest BCUT2D eigenvalue weighted by molar-refractivity contribution is 5.86. The first kappa shape index (κ1) is 12.1. The number of anilines is 1. The summed E-state index contributed by atoms with van der Waals surface area (Å²) in [4.78, 5) is 14.9. The van der Waals surface area contributed by atoms with Crippen LogP contribution in [0.2, 0.25) is 0 Å². The van der Waals surface area contributed by atoms with Crippen molar-refractivity contribution in [2.75, 3.05) is 24.6 Å². The summed E-state index contributed by atoms with van der Waals surface area (Å²) in [7, 11) is 0. The van der Waals surface area contributed by atoms with E-state index in [0.29, 0.717) is 19.7 Å². The molecule has 1 aliphatic heterocycles. The predicted octanol–water partition coefficient (Wildman–Crippen LogP) is 0.994. The maximum atomic E-state index is 9.37. The van der Waals surface area contributed by atoms with Crippen LogP contribution in [0.5, 0.6) is 5.75 Å². The van der Waals surface area contributed by atoms with Crippen molar-refractivity contribution in [3.05, 3.63) is 18.6 Å². The fraction of sp³-hybridized carbons (Fsp3) is 0.462. The van der Waals surface area contributed by atoms with Gasteiger partial charge in [0, 0.05) is 19.2 Å². The molecular weight excluding hydrogens is 244 g/mol. The molecule has 100 valence electrons. The zero-order valence-electron chi connectivity index (χ0n) is 10.8. The van der Waals surface area contributed by atoms with E-state index in [1.807, 2.05) is 11.0 Å². The van der Waals surface area contributed by atoms with E-state index < -0.39 is 0 Å². The highest BCUT2D eigenvalue weighted by Gasteiger charge is 2.27. The molecule has 19 heavy (non-hydrogen) atoms. The largest absolute Gasteiger partial charge is 0.492 e. The Bertz CT molecular complexity index is 584. The molecule has 1 aliphatic rings. The van der Waals surface area contributed by atoms with Gasteiger partial charge >= 0.3 is 0 Å². The van der Waals surface area contributed by atoms with E-state index in [4.69, 9.17) is 4.74 Å². The van der Waals surface area contributed by atoms with Gasteiger partial charge in [-0.1, -0.05) is 6.92 Å².